The van der Waals surface area contributed by atoms with Crippen molar-refractivity contribution in [2.75, 3.05) is 26.8 Å². The summed E-state index contributed by atoms with van der Waals surface area (Å²) in [7, 11) is -9.72. The molecule has 14 heteroatoms. The van der Waals surface area contributed by atoms with E-state index < -0.39 is 62.0 Å². The van der Waals surface area contributed by atoms with Crippen LogP contribution in [0.4, 0.5) is 0 Å². The molecule has 0 spiro atoms. The lowest BCUT2D eigenvalue weighted by Crippen LogP contribution is -2.47. The van der Waals surface area contributed by atoms with Gasteiger partial charge in [-0.2, -0.15) is 0 Å². The van der Waals surface area contributed by atoms with Gasteiger partial charge in [0.25, 0.3) is 0 Å². The van der Waals surface area contributed by atoms with Crippen molar-refractivity contribution in [3.8, 4) is 0 Å². The van der Waals surface area contributed by atoms with Crippen LogP contribution in [0.2, 0.25) is 0 Å². The maximum absolute atomic E-state index is 13.0. The van der Waals surface area contributed by atoms with Crippen LogP contribution in [0.1, 0.15) is 81.9 Å². The largest absolute Gasteiger partial charge is 0.465 e. The van der Waals surface area contributed by atoms with E-state index in [4.69, 9.17) is 9.47 Å². The molecule has 0 amide bonds. The first-order valence-corrected chi connectivity index (χ1v) is 18.4. The third kappa shape index (κ3) is 11.2. The van der Waals surface area contributed by atoms with E-state index in [2.05, 4.69) is 0 Å². The Morgan fingerprint density at radius 1 is 0.745 bits per heavy atom. The summed E-state index contributed by atoms with van der Waals surface area (Å²) in [5, 5.41) is 0. The summed E-state index contributed by atoms with van der Waals surface area (Å²) < 4.78 is 36.6. The zero-order chi connectivity index (χ0) is 36.0. The van der Waals surface area contributed by atoms with E-state index in [1.54, 1.807) is 44.9 Å². The van der Waals surface area contributed by atoms with Gasteiger partial charge in [-0.3, -0.25) is 23.5 Å². The fourth-order valence-electron chi connectivity index (χ4n) is 4.78. The highest BCUT2D eigenvalue weighted by Crippen LogP contribution is 2.72. The number of esters is 2. The fraction of sp³-hybridized carbons (Fsp3) is 0.545. The third-order valence-electron chi connectivity index (χ3n) is 7.82. The summed E-state index contributed by atoms with van der Waals surface area (Å²) in [6, 6.07) is 15.2. The molecule has 0 saturated carbocycles. The van der Waals surface area contributed by atoms with Crippen molar-refractivity contribution in [1.82, 2.24) is 4.90 Å². The first-order valence-electron chi connectivity index (χ1n) is 15.2. The quantitative estimate of drug-likeness (QED) is 0.109. The summed E-state index contributed by atoms with van der Waals surface area (Å²) >= 11 is 0. The molecule has 2 aromatic carbocycles. The summed E-state index contributed by atoms with van der Waals surface area (Å²) in [5.41, 5.74) is 1.52. The molecule has 2 rings (SSSR count). The molecule has 0 saturated heterocycles. The minimum Gasteiger partial charge on any atom is -0.465 e. The van der Waals surface area contributed by atoms with Gasteiger partial charge in [0.2, 0.25) is 4.90 Å². The average Bonchev–Trinajstić information content (AvgIpc) is 2.92. The van der Waals surface area contributed by atoms with Gasteiger partial charge in [-0.15, -0.1) is 0 Å². The SMILES string of the molecule is CC(=O)c1ccc(Cc2ccc(CN(C)CCC(COC(=O)C(C)(C)C)C(COC(=O)C(C)(C)C)(P(=O)(O)O)P(=O)(O)O)cc2)cc1. The second-order valence-electron chi connectivity index (χ2n) is 14.1. The molecule has 47 heavy (non-hydrogen) atoms. The number of Topliss-reactive ketones (excluding diaryl/α,β-unsaturated/α-hetero) is 1. The highest BCUT2D eigenvalue weighted by atomic mass is 31.2. The van der Waals surface area contributed by atoms with Crippen LogP contribution in [0.25, 0.3) is 0 Å². The molecule has 262 valence electrons. The van der Waals surface area contributed by atoms with Crippen molar-refractivity contribution in [3.05, 3.63) is 70.8 Å². The van der Waals surface area contributed by atoms with E-state index in [1.165, 1.54) is 27.7 Å². The second kappa shape index (κ2) is 15.7. The lowest BCUT2D eigenvalue weighted by Gasteiger charge is -2.41. The number of nitrogens with zero attached hydrogens (tertiary/aromatic N) is 1. The Labute approximate surface area is 277 Å². The first kappa shape index (κ1) is 40.5. The number of carbonyl (C=O) groups excluding carboxylic acids is 3. The van der Waals surface area contributed by atoms with Crippen molar-refractivity contribution < 1.29 is 52.6 Å². The van der Waals surface area contributed by atoms with Gasteiger partial charge in [0.1, 0.15) is 6.61 Å². The smallest absolute Gasteiger partial charge is 0.347 e. The van der Waals surface area contributed by atoms with Crippen LogP contribution in [-0.2, 0) is 41.2 Å². The maximum atomic E-state index is 13.0. The zero-order valence-corrected chi connectivity index (χ0v) is 30.2. The van der Waals surface area contributed by atoms with Crippen LogP contribution < -0.4 is 0 Å². The Bertz CT molecular complexity index is 1460. The van der Waals surface area contributed by atoms with Gasteiger partial charge in [-0.1, -0.05) is 48.5 Å². The van der Waals surface area contributed by atoms with Gasteiger partial charge in [-0.25, -0.2) is 0 Å². The molecule has 2 aromatic rings. The summed E-state index contributed by atoms with van der Waals surface area (Å²) in [6.45, 7) is 9.16. The summed E-state index contributed by atoms with van der Waals surface area (Å²) in [4.78, 5) is 77.4. The fourth-order valence-corrected chi connectivity index (χ4v) is 7.96. The molecule has 0 aliphatic rings. The number of carbonyl (C=O) groups is 3. The molecule has 0 radical (unpaired) electrons. The Morgan fingerprint density at radius 3 is 1.60 bits per heavy atom. The highest BCUT2D eigenvalue weighted by Gasteiger charge is 2.66. The van der Waals surface area contributed by atoms with Crippen LogP contribution in [0.3, 0.4) is 0 Å². The van der Waals surface area contributed by atoms with E-state index in [0.717, 1.165) is 16.7 Å². The Balaban J connectivity index is 2.31. The molecule has 1 atom stereocenters. The minimum atomic E-state index is -5.73. The van der Waals surface area contributed by atoms with Gasteiger partial charge in [-0.05, 0) is 91.6 Å². The lowest BCUT2D eigenvalue weighted by atomic mass is 9.96. The molecule has 1 unspecified atom stereocenters. The molecule has 0 bridgehead atoms. The Kier molecular flexibility index (Phi) is 13.5. The van der Waals surface area contributed by atoms with Crippen molar-refractivity contribution in [1.29, 1.82) is 0 Å². The zero-order valence-electron chi connectivity index (χ0n) is 28.4. The van der Waals surface area contributed by atoms with E-state index in [0.29, 0.717) is 18.5 Å². The predicted molar refractivity (Wildman–Crippen MR) is 178 cm³/mol. The Morgan fingerprint density at radius 2 is 1.17 bits per heavy atom. The minimum absolute atomic E-state index is 0.000364. The second-order valence-corrected chi connectivity index (χ2v) is 18.2. The molecule has 0 fully saturated rings. The van der Waals surface area contributed by atoms with Crippen molar-refractivity contribution >= 4 is 32.9 Å². The van der Waals surface area contributed by atoms with Gasteiger partial charge in [0, 0.05) is 18.0 Å². The molecule has 4 N–H and O–H groups in total. The van der Waals surface area contributed by atoms with Gasteiger partial charge < -0.3 is 33.9 Å². The topological polar surface area (TPSA) is 188 Å². The first-order chi connectivity index (χ1) is 21.4. The van der Waals surface area contributed by atoms with Gasteiger partial charge in [0.05, 0.1) is 17.4 Å². The standard InChI is InChI=1S/C33H49NO11P2/c1-23(35)27-15-13-25(14-16-27)19-24-9-11-26(12-10-24)20-34(8)18-17-28(21-44-29(36)31(2,3)4)33(46(38,39)40,47(41,42)43)22-45-30(37)32(5,6)7/h9-16,28H,17-22H2,1-8H3,(H2,38,39,40)(H2,41,42,43). The predicted octanol–water partition coefficient (Wildman–Crippen LogP) is 5.15. The number of ketones is 1. The number of hydrogen-bond donors (Lipinski definition) is 4. The van der Waals surface area contributed by atoms with Crippen molar-refractivity contribution in [2.24, 2.45) is 16.7 Å². The lowest BCUT2D eigenvalue weighted by molar-refractivity contribution is -0.157. The highest BCUT2D eigenvalue weighted by molar-refractivity contribution is 7.72. The van der Waals surface area contributed by atoms with E-state index in [9.17, 15) is 43.1 Å². The van der Waals surface area contributed by atoms with Crippen LogP contribution in [-0.4, -0.2) is 73.9 Å². The number of hydrogen-bond acceptors (Lipinski definition) is 8. The Hall–Kier alpha value is -2.69. The molecule has 0 aromatic heterocycles. The van der Waals surface area contributed by atoms with E-state index in [1.807, 2.05) is 36.4 Å². The molecule has 0 aliphatic heterocycles. The summed E-state index contributed by atoms with van der Waals surface area (Å²) in [6.07, 6.45) is 0.446. The number of rotatable bonds is 15. The maximum Gasteiger partial charge on any atom is 0.347 e. The van der Waals surface area contributed by atoms with Crippen LogP contribution in [0.5, 0.6) is 0 Å². The van der Waals surface area contributed by atoms with E-state index in [-0.39, 0.29) is 18.7 Å². The monoisotopic (exact) mass is 697 g/mol. The molecular formula is C33H49NO11P2. The van der Waals surface area contributed by atoms with Crippen molar-refractivity contribution in [2.45, 2.75) is 72.7 Å². The van der Waals surface area contributed by atoms with Crippen LogP contribution in [0.15, 0.2) is 48.5 Å². The van der Waals surface area contributed by atoms with Gasteiger partial charge in [0.15, 0.2) is 5.78 Å². The van der Waals surface area contributed by atoms with Crippen LogP contribution >= 0.6 is 15.2 Å². The molecule has 0 aliphatic carbocycles. The summed E-state index contributed by atoms with van der Waals surface area (Å²) in [5.74, 6) is -3.24. The van der Waals surface area contributed by atoms with Crippen LogP contribution in [0, 0.1) is 16.7 Å². The number of benzene rings is 2. The number of ether oxygens (including phenoxy) is 2. The average molecular weight is 698 g/mol. The van der Waals surface area contributed by atoms with E-state index >= 15 is 0 Å². The van der Waals surface area contributed by atoms with Crippen molar-refractivity contribution in [3.63, 3.8) is 0 Å². The molecular weight excluding hydrogens is 648 g/mol. The third-order valence-corrected chi connectivity index (χ3v) is 12.4. The molecule has 0 heterocycles. The van der Waals surface area contributed by atoms with Gasteiger partial charge >= 0.3 is 27.1 Å². The normalized spacial score (nSPS) is 13.7. The molecule has 12 nitrogen and oxygen atoms in total.